The van der Waals surface area contributed by atoms with Crippen molar-refractivity contribution in [3.05, 3.63) is 0 Å². The molecule has 0 aromatic carbocycles. The quantitative estimate of drug-likeness (QED) is 0.282. The number of hydrogen-bond acceptors (Lipinski definition) is 3. The third-order valence-electron chi connectivity index (χ3n) is 3.44. The first-order valence-corrected chi connectivity index (χ1v) is 9.14. The van der Waals surface area contributed by atoms with Crippen molar-refractivity contribution < 1.29 is 12.6 Å². The van der Waals surface area contributed by atoms with Crippen molar-refractivity contribution in [2.75, 3.05) is 6.61 Å². The Balaban J connectivity index is 0. The maximum atomic E-state index is 10.1. The molecule has 0 radical (unpaired) electrons. The monoisotopic (exact) mass is 316 g/mol. The second kappa shape index (κ2) is 19.9. The van der Waals surface area contributed by atoms with Crippen LogP contribution in [0.25, 0.3) is 0 Å². The third-order valence-corrected chi connectivity index (χ3v) is 3.84. The summed E-state index contributed by atoms with van der Waals surface area (Å²) in [7, 11) is -2.64. The normalized spacial score (nSPS) is 10.7. The van der Waals surface area contributed by atoms with Crippen LogP contribution >= 0.6 is 0 Å². The van der Waals surface area contributed by atoms with Gasteiger partial charge in [-0.15, -0.1) is 0 Å². The summed E-state index contributed by atoms with van der Waals surface area (Å²) in [5.74, 6) is 0. The molecule has 0 rings (SSSR count). The van der Waals surface area contributed by atoms with E-state index in [1.807, 2.05) is 0 Å². The molecule has 0 saturated heterocycles. The molecule has 0 aliphatic heterocycles. The molecule has 0 aliphatic rings. The Morgan fingerprint density at radius 1 is 0.650 bits per heavy atom. The van der Waals surface area contributed by atoms with Crippen molar-refractivity contribution in [2.24, 2.45) is 0 Å². The van der Waals surface area contributed by atoms with Gasteiger partial charge in [0, 0.05) is 0 Å². The van der Waals surface area contributed by atoms with E-state index in [2.05, 4.69) is 11.1 Å². The average molecular weight is 316 g/mol. The standard InChI is InChI=1S/C15H32O3S.Na.H/c1-2-3-4-5-6-7-8-9-10-11-12-13-14-15-18-19(16)17;;/h19H,2-15H2,1H3;;. The van der Waals surface area contributed by atoms with Crippen LogP contribution in [0.1, 0.15) is 90.4 Å². The summed E-state index contributed by atoms with van der Waals surface area (Å²) in [4.78, 5) is 0. The summed E-state index contributed by atoms with van der Waals surface area (Å²) >= 11 is 0. The number of unbranched alkanes of at least 4 members (excludes halogenated alkanes) is 12. The van der Waals surface area contributed by atoms with E-state index in [1.54, 1.807) is 0 Å². The minimum atomic E-state index is -2.64. The Labute approximate surface area is 149 Å². The zero-order chi connectivity index (χ0) is 14.2. The molecule has 118 valence electrons. The molecule has 0 N–H and O–H groups in total. The molecule has 0 saturated carbocycles. The molecule has 0 aromatic rings. The van der Waals surface area contributed by atoms with Crippen LogP contribution in [0, 0.1) is 0 Å². The first kappa shape index (κ1) is 23.2. The Kier molecular flexibility index (Phi) is 23.1. The third kappa shape index (κ3) is 21.2. The van der Waals surface area contributed by atoms with Crippen LogP contribution in [0.5, 0.6) is 0 Å². The first-order chi connectivity index (χ1) is 9.27. The van der Waals surface area contributed by atoms with Crippen molar-refractivity contribution in [3.63, 3.8) is 0 Å². The fraction of sp³-hybridized carbons (Fsp3) is 1.00. The van der Waals surface area contributed by atoms with E-state index in [0.29, 0.717) is 6.61 Å². The molecule has 20 heavy (non-hydrogen) atoms. The molecule has 0 unspecified atom stereocenters. The molecule has 0 heterocycles. The van der Waals surface area contributed by atoms with Gasteiger partial charge in [-0.3, -0.25) is 4.18 Å². The van der Waals surface area contributed by atoms with Crippen molar-refractivity contribution >= 4 is 40.5 Å². The summed E-state index contributed by atoms with van der Waals surface area (Å²) in [5, 5.41) is 0. The van der Waals surface area contributed by atoms with E-state index in [9.17, 15) is 8.42 Å². The predicted octanol–water partition coefficient (Wildman–Crippen LogP) is 3.97. The van der Waals surface area contributed by atoms with Gasteiger partial charge in [0.05, 0.1) is 6.61 Å². The summed E-state index contributed by atoms with van der Waals surface area (Å²) in [6.07, 6.45) is 16.8. The van der Waals surface area contributed by atoms with Gasteiger partial charge in [0.2, 0.25) is 0 Å². The van der Waals surface area contributed by atoms with Gasteiger partial charge in [-0.25, -0.2) is 8.42 Å². The van der Waals surface area contributed by atoms with Gasteiger partial charge in [-0.1, -0.05) is 84.0 Å². The van der Waals surface area contributed by atoms with Crippen molar-refractivity contribution in [1.29, 1.82) is 0 Å². The summed E-state index contributed by atoms with van der Waals surface area (Å²) in [5.41, 5.74) is 0. The van der Waals surface area contributed by atoms with E-state index in [-0.39, 0.29) is 29.6 Å². The topological polar surface area (TPSA) is 43.4 Å². The average Bonchev–Trinajstić information content (AvgIpc) is 2.39. The molecular weight excluding hydrogens is 283 g/mol. The number of rotatable bonds is 15. The van der Waals surface area contributed by atoms with E-state index in [4.69, 9.17) is 0 Å². The summed E-state index contributed by atoms with van der Waals surface area (Å²) in [6.45, 7) is 2.61. The van der Waals surface area contributed by atoms with Gasteiger partial charge in [0.25, 0.3) is 11.0 Å². The van der Waals surface area contributed by atoms with Gasteiger partial charge >= 0.3 is 29.6 Å². The van der Waals surface area contributed by atoms with Crippen molar-refractivity contribution in [1.82, 2.24) is 0 Å². The molecule has 0 aromatic heterocycles. The number of thiol groups is 1. The van der Waals surface area contributed by atoms with Gasteiger partial charge in [-0.05, 0) is 6.42 Å². The fourth-order valence-electron chi connectivity index (χ4n) is 2.26. The Hall–Kier alpha value is 0.910. The van der Waals surface area contributed by atoms with Gasteiger partial charge in [0.15, 0.2) is 0 Å². The number of hydrogen-bond donors (Lipinski definition) is 1. The maximum absolute atomic E-state index is 10.1. The van der Waals surface area contributed by atoms with Crippen LogP contribution in [0.2, 0.25) is 0 Å². The van der Waals surface area contributed by atoms with E-state index >= 15 is 0 Å². The van der Waals surface area contributed by atoms with Crippen LogP contribution in [-0.4, -0.2) is 44.6 Å². The molecule has 0 amide bonds. The first-order valence-electron chi connectivity index (χ1n) is 8.04. The van der Waals surface area contributed by atoms with E-state index < -0.39 is 11.0 Å². The van der Waals surface area contributed by atoms with Crippen LogP contribution < -0.4 is 0 Å². The SMILES string of the molecule is CCCCCCCCCCCCCCCO[SH](=O)=O.[NaH]. The fourth-order valence-corrected chi connectivity index (χ4v) is 2.54. The zero-order valence-corrected chi connectivity index (χ0v) is 13.5. The van der Waals surface area contributed by atoms with Crippen molar-refractivity contribution in [3.8, 4) is 0 Å². The molecule has 0 aliphatic carbocycles. The van der Waals surface area contributed by atoms with Gasteiger partial charge < -0.3 is 0 Å². The Bertz CT molecular complexity index is 237. The molecule has 3 nitrogen and oxygen atoms in total. The molecule has 0 spiro atoms. The molecule has 0 atom stereocenters. The molecule has 0 bridgehead atoms. The predicted molar refractivity (Wildman–Crippen MR) is 89.1 cm³/mol. The molecule has 0 fully saturated rings. The molecular formula is C15H33NaO3S. The second-order valence-corrected chi connectivity index (χ2v) is 6.00. The van der Waals surface area contributed by atoms with Gasteiger partial charge in [0.1, 0.15) is 0 Å². The van der Waals surface area contributed by atoms with Gasteiger partial charge in [-0.2, -0.15) is 0 Å². The Morgan fingerprint density at radius 3 is 1.35 bits per heavy atom. The minimum absolute atomic E-state index is 0. The van der Waals surface area contributed by atoms with Crippen LogP contribution in [0.3, 0.4) is 0 Å². The second-order valence-electron chi connectivity index (χ2n) is 5.30. The Morgan fingerprint density at radius 2 is 1.00 bits per heavy atom. The van der Waals surface area contributed by atoms with Crippen LogP contribution in [-0.2, 0) is 15.2 Å². The zero-order valence-electron chi connectivity index (χ0n) is 12.6. The van der Waals surface area contributed by atoms with Crippen LogP contribution in [0.4, 0.5) is 0 Å². The molecule has 5 heteroatoms. The van der Waals surface area contributed by atoms with E-state index in [1.165, 1.54) is 70.6 Å². The van der Waals surface area contributed by atoms with Crippen LogP contribution in [0.15, 0.2) is 0 Å². The van der Waals surface area contributed by atoms with Crippen molar-refractivity contribution in [2.45, 2.75) is 90.4 Å². The summed E-state index contributed by atoms with van der Waals surface area (Å²) < 4.78 is 24.8. The van der Waals surface area contributed by atoms with E-state index in [0.717, 1.165) is 12.8 Å². The summed E-state index contributed by atoms with van der Waals surface area (Å²) in [6, 6.07) is 0.